The molecule has 0 saturated heterocycles. The lowest BCUT2D eigenvalue weighted by Crippen LogP contribution is -2.00. The third-order valence-corrected chi connectivity index (χ3v) is 2.29. The van der Waals surface area contributed by atoms with Crippen LogP contribution in [0.3, 0.4) is 0 Å². The van der Waals surface area contributed by atoms with Gasteiger partial charge in [0, 0.05) is 12.5 Å². The van der Waals surface area contributed by atoms with Crippen molar-refractivity contribution in [2.75, 3.05) is 5.73 Å². The molecule has 18 heavy (non-hydrogen) atoms. The Morgan fingerprint density at radius 1 is 1.28 bits per heavy atom. The maximum Gasteiger partial charge on any atom is 0.224 e. The van der Waals surface area contributed by atoms with Crippen LogP contribution in [0.25, 0.3) is 0 Å². The molecule has 2 N–H and O–H groups in total. The lowest BCUT2D eigenvalue weighted by Gasteiger charge is -2.06. The standard InChI is InChI=1S/C13H12N4O/c1-2-12-16-11(15)7-13(17-12)18-10-5-3-9(8-14)4-6-10/h3-7H,2H2,1H3,(H2,15,16,17). The quantitative estimate of drug-likeness (QED) is 0.889. The van der Waals surface area contributed by atoms with Gasteiger partial charge in [-0.15, -0.1) is 0 Å². The van der Waals surface area contributed by atoms with E-state index >= 15 is 0 Å². The highest BCUT2D eigenvalue weighted by Gasteiger charge is 2.03. The van der Waals surface area contributed by atoms with E-state index in [0.717, 1.165) is 0 Å². The zero-order valence-electron chi connectivity index (χ0n) is 9.92. The fourth-order valence-corrected chi connectivity index (χ4v) is 1.42. The van der Waals surface area contributed by atoms with E-state index in [0.29, 0.717) is 35.3 Å². The van der Waals surface area contributed by atoms with Gasteiger partial charge in [0.25, 0.3) is 0 Å². The van der Waals surface area contributed by atoms with Gasteiger partial charge < -0.3 is 10.5 Å². The third kappa shape index (κ3) is 2.74. The molecule has 90 valence electrons. The number of hydrogen-bond acceptors (Lipinski definition) is 5. The van der Waals surface area contributed by atoms with Crippen molar-refractivity contribution in [2.45, 2.75) is 13.3 Å². The van der Waals surface area contributed by atoms with Crippen LogP contribution in [0.15, 0.2) is 30.3 Å². The molecule has 2 aromatic rings. The Morgan fingerprint density at radius 3 is 2.61 bits per heavy atom. The molecule has 5 nitrogen and oxygen atoms in total. The lowest BCUT2D eigenvalue weighted by atomic mass is 10.2. The average molecular weight is 240 g/mol. The molecule has 0 unspecified atom stereocenters. The summed E-state index contributed by atoms with van der Waals surface area (Å²) >= 11 is 0. The molecule has 1 aromatic carbocycles. The minimum atomic E-state index is 0.380. The predicted octanol–water partition coefficient (Wildman–Crippen LogP) is 2.29. The summed E-state index contributed by atoms with van der Waals surface area (Å²) in [6.45, 7) is 1.94. The molecule has 0 radical (unpaired) electrons. The van der Waals surface area contributed by atoms with E-state index in [2.05, 4.69) is 9.97 Å². The normalized spacial score (nSPS) is 9.78. The molecular formula is C13H12N4O. The van der Waals surface area contributed by atoms with Crippen LogP contribution in [-0.4, -0.2) is 9.97 Å². The summed E-state index contributed by atoms with van der Waals surface area (Å²) in [6, 6.07) is 10.4. The van der Waals surface area contributed by atoms with Gasteiger partial charge in [-0.2, -0.15) is 10.2 Å². The van der Waals surface area contributed by atoms with Crippen molar-refractivity contribution in [1.82, 2.24) is 9.97 Å². The number of aromatic nitrogens is 2. The van der Waals surface area contributed by atoms with Crippen molar-refractivity contribution < 1.29 is 4.74 Å². The summed E-state index contributed by atoms with van der Waals surface area (Å²) in [7, 11) is 0. The zero-order chi connectivity index (χ0) is 13.0. The van der Waals surface area contributed by atoms with Crippen LogP contribution in [0.1, 0.15) is 18.3 Å². The lowest BCUT2D eigenvalue weighted by molar-refractivity contribution is 0.459. The summed E-state index contributed by atoms with van der Waals surface area (Å²) < 4.78 is 5.56. The fraction of sp³-hybridized carbons (Fsp3) is 0.154. The van der Waals surface area contributed by atoms with Crippen LogP contribution in [-0.2, 0) is 6.42 Å². The number of nitrogens with two attached hydrogens (primary N) is 1. The van der Waals surface area contributed by atoms with Crippen LogP contribution >= 0.6 is 0 Å². The Hall–Kier alpha value is -2.61. The van der Waals surface area contributed by atoms with Crippen molar-refractivity contribution in [2.24, 2.45) is 0 Å². The fourth-order valence-electron chi connectivity index (χ4n) is 1.42. The van der Waals surface area contributed by atoms with Gasteiger partial charge in [-0.1, -0.05) is 6.92 Å². The van der Waals surface area contributed by atoms with E-state index in [9.17, 15) is 0 Å². The van der Waals surface area contributed by atoms with Gasteiger partial charge in [-0.3, -0.25) is 0 Å². The smallest absolute Gasteiger partial charge is 0.224 e. The molecule has 1 heterocycles. The van der Waals surface area contributed by atoms with Gasteiger partial charge in [-0.25, -0.2) is 4.98 Å². The molecule has 0 aliphatic carbocycles. The van der Waals surface area contributed by atoms with Crippen LogP contribution < -0.4 is 10.5 Å². The topological polar surface area (TPSA) is 84.8 Å². The molecule has 0 bridgehead atoms. The first kappa shape index (κ1) is 11.9. The maximum absolute atomic E-state index is 8.69. The molecule has 0 amide bonds. The minimum absolute atomic E-state index is 0.380. The zero-order valence-corrected chi connectivity index (χ0v) is 9.92. The third-order valence-electron chi connectivity index (χ3n) is 2.29. The first-order chi connectivity index (χ1) is 8.71. The summed E-state index contributed by atoms with van der Waals surface area (Å²) in [5.41, 5.74) is 6.24. The molecule has 1 aromatic heterocycles. The summed E-state index contributed by atoms with van der Waals surface area (Å²) in [5, 5.41) is 8.69. The van der Waals surface area contributed by atoms with Crippen LogP contribution in [0.2, 0.25) is 0 Å². The molecule has 0 aliphatic heterocycles. The number of nitrogen functional groups attached to an aromatic ring is 1. The molecule has 0 saturated carbocycles. The molecule has 2 rings (SSSR count). The van der Waals surface area contributed by atoms with Crippen LogP contribution in [0, 0.1) is 11.3 Å². The van der Waals surface area contributed by atoms with Crippen LogP contribution in [0.5, 0.6) is 11.6 Å². The van der Waals surface area contributed by atoms with Gasteiger partial charge in [0.2, 0.25) is 5.88 Å². The highest BCUT2D eigenvalue weighted by atomic mass is 16.5. The highest BCUT2D eigenvalue weighted by Crippen LogP contribution is 2.21. The first-order valence-electron chi connectivity index (χ1n) is 5.52. The number of hydrogen-bond donors (Lipinski definition) is 1. The molecule has 0 aliphatic rings. The van der Waals surface area contributed by atoms with Gasteiger partial charge in [0.15, 0.2) is 0 Å². The Balaban J connectivity index is 2.22. The monoisotopic (exact) mass is 240 g/mol. The van der Waals surface area contributed by atoms with Crippen LogP contribution in [0.4, 0.5) is 5.82 Å². The number of ether oxygens (including phenoxy) is 1. The highest BCUT2D eigenvalue weighted by molar-refractivity contribution is 5.38. The average Bonchev–Trinajstić information content (AvgIpc) is 2.39. The molecule has 0 spiro atoms. The molecule has 5 heteroatoms. The van der Waals surface area contributed by atoms with E-state index in [1.165, 1.54) is 0 Å². The second-order valence-electron chi connectivity index (χ2n) is 3.64. The van der Waals surface area contributed by atoms with Crippen molar-refractivity contribution in [3.63, 3.8) is 0 Å². The first-order valence-corrected chi connectivity index (χ1v) is 5.52. The summed E-state index contributed by atoms with van der Waals surface area (Å²) in [5.74, 6) is 2.03. The number of anilines is 1. The Bertz CT molecular complexity index is 587. The Kier molecular flexibility index (Phi) is 3.39. The van der Waals surface area contributed by atoms with E-state index in [1.807, 2.05) is 13.0 Å². The maximum atomic E-state index is 8.69. The molecule has 0 fully saturated rings. The van der Waals surface area contributed by atoms with Gasteiger partial charge in [0.05, 0.1) is 11.6 Å². The van der Waals surface area contributed by atoms with E-state index in [-0.39, 0.29) is 0 Å². The van der Waals surface area contributed by atoms with Gasteiger partial charge in [0.1, 0.15) is 17.4 Å². The minimum Gasteiger partial charge on any atom is -0.439 e. The SMILES string of the molecule is CCc1nc(N)cc(Oc2ccc(C#N)cc2)n1. The van der Waals surface area contributed by atoms with E-state index in [1.54, 1.807) is 30.3 Å². The predicted molar refractivity (Wildman–Crippen MR) is 67.1 cm³/mol. The van der Waals surface area contributed by atoms with E-state index in [4.69, 9.17) is 15.7 Å². The number of rotatable bonds is 3. The second-order valence-corrected chi connectivity index (χ2v) is 3.64. The number of benzene rings is 1. The number of nitrogens with zero attached hydrogens (tertiary/aromatic N) is 3. The molecular weight excluding hydrogens is 228 g/mol. The van der Waals surface area contributed by atoms with E-state index < -0.39 is 0 Å². The van der Waals surface area contributed by atoms with Crippen molar-refractivity contribution in [1.29, 1.82) is 5.26 Å². The number of nitriles is 1. The Morgan fingerprint density at radius 2 is 2.00 bits per heavy atom. The largest absolute Gasteiger partial charge is 0.439 e. The Labute approximate surface area is 105 Å². The van der Waals surface area contributed by atoms with Gasteiger partial charge in [-0.05, 0) is 24.3 Å². The molecule has 0 atom stereocenters. The van der Waals surface area contributed by atoms with Crippen molar-refractivity contribution in [3.05, 3.63) is 41.7 Å². The summed E-state index contributed by atoms with van der Waals surface area (Å²) in [6.07, 6.45) is 0.689. The second kappa shape index (κ2) is 5.15. The van der Waals surface area contributed by atoms with Crippen molar-refractivity contribution in [3.8, 4) is 17.7 Å². The van der Waals surface area contributed by atoms with Gasteiger partial charge >= 0.3 is 0 Å². The van der Waals surface area contributed by atoms with Crippen molar-refractivity contribution >= 4 is 5.82 Å². The summed E-state index contributed by atoms with van der Waals surface area (Å²) in [4.78, 5) is 8.28. The number of aryl methyl sites for hydroxylation is 1.